The van der Waals surface area contributed by atoms with E-state index in [0.717, 1.165) is 5.56 Å². The molecular weight excluding hydrogens is 448 g/mol. The summed E-state index contributed by atoms with van der Waals surface area (Å²) in [6, 6.07) is 17.2. The predicted octanol–water partition coefficient (Wildman–Crippen LogP) is 4.41. The number of allylic oxidation sites excluding steroid dienone is 1. The van der Waals surface area contributed by atoms with Gasteiger partial charge in [-0.2, -0.15) is 0 Å². The molecule has 9 heteroatoms. The highest BCUT2D eigenvalue weighted by Crippen LogP contribution is 2.39. The van der Waals surface area contributed by atoms with Gasteiger partial charge < -0.3 is 10.1 Å². The second-order valence-electron chi connectivity index (χ2n) is 6.91. The summed E-state index contributed by atoms with van der Waals surface area (Å²) < 4.78 is 32.9. The van der Waals surface area contributed by atoms with Crippen LogP contribution in [0.1, 0.15) is 32.5 Å². The van der Waals surface area contributed by atoms with Crippen LogP contribution in [0.25, 0.3) is 0 Å². The molecule has 2 aromatic carbocycles. The first-order valence-electron chi connectivity index (χ1n) is 9.84. The van der Waals surface area contributed by atoms with Gasteiger partial charge in [0, 0.05) is 11.9 Å². The van der Waals surface area contributed by atoms with E-state index in [9.17, 15) is 18.0 Å². The van der Waals surface area contributed by atoms with E-state index in [1.165, 1.54) is 21.8 Å². The van der Waals surface area contributed by atoms with E-state index < -0.39 is 21.8 Å². The van der Waals surface area contributed by atoms with Crippen LogP contribution in [0.15, 0.2) is 77.1 Å². The minimum atomic E-state index is -4.08. The molecule has 4 rings (SSSR count). The third-order valence-corrected chi connectivity index (χ3v) is 7.51. The Morgan fingerprint density at radius 2 is 1.81 bits per heavy atom. The molecule has 0 aliphatic carbocycles. The number of ether oxygens (including phenoxy) is 1. The molecule has 1 aliphatic rings. The van der Waals surface area contributed by atoms with E-state index >= 15 is 0 Å². The van der Waals surface area contributed by atoms with Crippen molar-refractivity contribution in [2.24, 2.45) is 0 Å². The van der Waals surface area contributed by atoms with Crippen molar-refractivity contribution in [3.63, 3.8) is 0 Å². The van der Waals surface area contributed by atoms with Crippen LogP contribution in [0.5, 0.6) is 0 Å². The van der Waals surface area contributed by atoms with Crippen LogP contribution in [-0.4, -0.2) is 26.8 Å². The molecule has 0 unspecified atom stereocenters. The van der Waals surface area contributed by atoms with Gasteiger partial charge >= 0.3 is 5.97 Å². The number of benzene rings is 2. The second-order valence-corrected chi connectivity index (χ2v) is 9.66. The first-order chi connectivity index (χ1) is 15.4. The highest BCUT2D eigenvalue weighted by molar-refractivity contribution is 7.97. The van der Waals surface area contributed by atoms with E-state index in [4.69, 9.17) is 4.74 Å². The molecule has 0 bridgehead atoms. The Balaban J connectivity index is 1.64. The molecule has 1 N–H and O–H groups in total. The van der Waals surface area contributed by atoms with E-state index in [-0.39, 0.29) is 18.1 Å². The molecule has 1 aliphatic heterocycles. The highest BCUT2D eigenvalue weighted by Gasteiger charge is 2.41. The fraction of sp³-hybridized carbons (Fsp3) is 0.130. The van der Waals surface area contributed by atoms with Crippen LogP contribution < -0.4 is 9.62 Å². The van der Waals surface area contributed by atoms with Crippen LogP contribution in [-0.2, 0) is 21.3 Å². The number of carbonyl (C=O) groups excluding carboxylic acids is 2. The van der Waals surface area contributed by atoms with Crippen LogP contribution in [0.3, 0.4) is 0 Å². The molecule has 3 aromatic rings. The lowest BCUT2D eigenvalue weighted by molar-refractivity contribution is 0.0526. The molecule has 0 saturated carbocycles. The van der Waals surface area contributed by atoms with Gasteiger partial charge in [0.25, 0.3) is 10.0 Å². The molecule has 0 fully saturated rings. The van der Waals surface area contributed by atoms with E-state index in [1.54, 1.807) is 42.6 Å². The molecule has 0 saturated heterocycles. The Morgan fingerprint density at radius 3 is 2.50 bits per heavy atom. The fourth-order valence-electron chi connectivity index (χ4n) is 3.27. The third-order valence-electron chi connectivity index (χ3n) is 4.85. The number of carbonyl (C=O) groups is 2. The molecule has 1 aromatic heterocycles. The summed E-state index contributed by atoms with van der Waals surface area (Å²) in [5.74, 6) is -0.987. The first kappa shape index (κ1) is 21.8. The van der Waals surface area contributed by atoms with Gasteiger partial charge in [0.15, 0.2) is 4.91 Å². The number of nitrogens with one attached hydrogen (secondary N) is 1. The maximum atomic E-state index is 13.4. The van der Waals surface area contributed by atoms with Gasteiger partial charge in [-0.3, -0.25) is 9.10 Å². The number of ketones is 1. The summed E-state index contributed by atoms with van der Waals surface area (Å²) in [5, 5.41) is 4.58. The van der Waals surface area contributed by atoms with Crippen molar-refractivity contribution < 1.29 is 22.7 Å². The molecule has 0 amide bonds. The van der Waals surface area contributed by atoms with Crippen molar-refractivity contribution in [2.45, 2.75) is 13.5 Å². The van der Waals surface area contributed by atoms with Gasteiger partial charge in [0.05, 0.1) is 24.4 Å². The molecule has 164 valence electrons. The number of rotatable bonds is 6. The van der Waals surface area contributed by atoms with Gasteiger partial charge in [-0.25, -0.2) is 13.2 Å². The van der Waals surface area contributed by atoms with Gasteiger partial charge in [-0.1, -0.05) is 30.3 Å². The van der Waals surface area contributed by atoms with Crippen LogP contribution in [0, 0.1) is 0 Å². The second kappa shape index (κ2) is 8.97. The number of sulfonamides is 1. The zero-order valence-electron chi connectivity index (χ0n) is 17.1. The van der Waals surface area contributed by atoms with E-state index in [0.29, 0.717) is 21.8 Å². The number of fused-ring (bicyclic) bond motifs is 1. The van der Waals surface area contributed by atoms with Gasteiger partial charge in [-0.15, -0.1) is 11.3 Å². The Bertz CT molecular complexity index is 1280. The van der Waals surface area contributed by atoms with Crippen LogP contribution in [0.4, 0.5) is 11.4 Å². The van der Waals surface area contributed by atoms with Gasteiger partial charge in [0.2, 0.25) is 5.78 Å². The molecule has 0 spiro atoms. The minimum Gasteiger partial charge on any atom is -0.462 e. The monoisotopic (exact) mass is 468 g/mol. The summed E-state index contributed by atoms with van der Waals surface area (Å²) >= 11 is 1.21. The third kappa shape index (κ3) is 4.17. The molecule has 32 heavy (non-hydrogen) atoms. The number of nitrogens with zero attached hydrogens (tertiary/aromatic N) is 1. The number of hydrogen-bond acceptors (Lipinski definition) is 7. The number of hydrogen-bond donors (Lipinski definition) is 1. The van der Waals surface area contributed by atoms with E-state index in [2.05, 4.69) is 5.32 Å². The number of anilines is 2. The van der Waals surface area contributed by atoms with Crippen molar-refractivity contribution in [3.8, 4) is 0 Å². The van der Waals surface area contributed by atoms with Gasteiger partial charge in [0.1, 0.15) is 4.88 Å². The Kier molecular flexibility index (Phi) is 6.11. The topological polar surface area (TPSA) is 92.8 Å². The highest BCUT2D eigenvalue weighted by atomic mass is 32.2. The van der Waals surface area contributed by atoms with Crippen molar-refractivity contribution in [2.75, 3.05) is 16.2 Å². The minimum absolute atomic E-state index is 0.117. The van der Waals surface area contributed by atoms with Crippen molar-refractivity contribution in [1.82, 2.24) is 0 Å². The Labute approximate surface area is 190 Å². The maximum Gasteiger partial charge on any atom is 0.338 e. The molecular formula is C23H20N2O5S2. The smallest absolute Gasteiger partial charge is 0.338 e. The summed E-state index contributed by atoms with van der Waals surface area (Å²) in [5.41, 5.74) is 2.10. The lowest BCUT2D eigenvalue weighted by Gasteiger charge is -2.29. The van der Waals surface area contributed by atoms with Crippen molar-refractivity contribution >= 4 is 44.5 Å². The van der Waals surface area contributed by atoms with E-state index in [1.807, 2.05) is 30.3 Å². The lowest BCUT2D eigenvalue weighted by Crippen LogP contribution is -2.38. The standard InChI is InChI=1S/C23H20N2O5S2/c1-2-30-23(27)17-8-10-18(11-9-17)24-14-20-21(26)22-19(12-13-31-22)25(32(20,28)29)15-16-6-4-3-5-7-16/h3-14,24H,2,15H2,1H3. The van der Waals surface area contributed by atoms with Crippen molar-refractivity contribution in [3.05, 3.63) is 93.2 Å². The number of thiophene rings is 1. The average Bonchev–Trinajstić information content (AvgIpc) is 3.27. The van der Waals surface area contributed by atoms with Gasteiger partial charge in [-0.05, 0) is 48.2 Å². The molecule has 0 radical (unpaired) electrons. The van der Waals surface area contributed by atoms with Crippen LogP contribution in [0.2, 0.25) is 0 Å². The molecule has 2 heterocycles. The normalized spacial score (nSPS) is 16.0. The lowest BCUT2D eigenvalue weighted by atomic mass is 10.2. The summed E-state index contributed by atoms with van der Waals surface area (Å²) in [7, 11) is -4.08. The van der Waals surface area contributed by atoms with Crippen LogP contribution >= 0.6 is 11.3 Å². The molecule has 7 nitrogen and oxygen atoms in total. The Hall–Kier alpha value is -3.43. The predicted molar refractivity (Wildman–Crippen MR) is 124 cm³/mol. The maximum absolute atomic E-state index is 13.4. The SMILES string of the molecule is CCOC(=O)c1ccc(NC=C2C(=O)c3sccc3N(Cc3ccccc3)S2(=O)=O)cc1. The zero-order chi connectivity index (χ0) is 22.7. The summed E-state index contributed by atoms with van der Waals surface area (Å²) in [6.07, 6.45) is 1.21. The zero-order valence-corrected chi connectivity index (χ0v) is 18.8. The largest absolute Gasteiger partial charge is 0.462 e. The average molecular weight is 469 g/mol. The summed E-state index contributed by atoms with van der Waals surface area (Å²) in [6.45, 7) is 2.11. The number of Topliss-reactive ketones (excluding diaryl/α,β-unsaturated/α-hetero) is 1. The summed E-state index contributed by atoms with van der Waals surface area (Å²) in [4.78, 5) is 24.8. The number of esters is 1. The quantitative estimate of drug-likeness (QED) is 0.426. The fourth-order valence-corrected chi connectivity index (χ4v) is 5.75. The molecule has 0 atom stereocenters. The van der Waals surface area contributed by atoms with Crippen molar-refractivity contribution in [1.29, 1.82) is 0 Å². The first-order valence-corrected chi connectivity index (χ1v) is 12.2. The Morgan fingerprint density at radius 1 is 1.09 bits per heavy atom.